The maximum atomic E-state index is 13.0. The third kappa shape index (κ3) is 8.20. The van der Waals surface area contributed by atoms with Crippen LogP contribution in [0.4, 0.5) is 0 Å². The molecule has 3 aromatic rings. The standard InChI is InChI=1S/C31H28O16/c32-13-23-28(47-30(43)16-11-21(37)26(41)22(38)12-16)29(45-24(39)7-3-14-1-5-17(33)19(35)9-14)27(42)31(44-23)46-25(40)8-4-15-2-6-18(34)20(36)10-15/h1-12,23,27-29,31-38,41-42H,13H2. The van der Waals surface area contributed by atoms with Crippen LogP contribution in [0.1, 0.15) is 21.5 Å². The molecular formula is C31H28O16. The molecule has 0 aromatic heterocycles. The topological polar surface area (TPSA) is 270 Å². The van der Waals surface area contributed by atoms with Crippen LogP contribution >= 0.6 is 0 Å². The molecule has 0 aliphatic carbocycles. The van der Waals surface area contributed by atoms with Crippen molar-refractivity contribution in [2.45, 2.75) is 30.7 Å². The number of ether oxygens (including phenoxy) is 4. The first-order valence-electron chi connectivity index (χ1n) is 13.5. The lowest BCUT2D eigenvalue weighted by atomic mass is 9.98. The van der Waals surface area contributed by atoms with E-state index in [1.54, 1.807) is 0 Å². The third-order valence-electron chi connectivity index (χ3n) is 6.65. The number of carbonyl (C=O) groups is 3. The molecule has 0 spiro atoms. The minimum atomic E-state index is -2.05. The van der Waals surface area contributed by atoms with Gasteiger partial charge in [0, 0.05) is 12.2 Å². The molecule has 16 nitrogen and oxygen atoms in total. The van der Waals surface area contributed by atoms with Gasteiger partial charge in [0.15, 0.2) is 58.6 Å². The Kier molecular flexibility index (Phi) is 10.4. The molecule has 0 saturated carbocycles. The summed E-state index contributed by atoms with van der Waals surface area (Å²) in [6.07, 6.45) is -5.15. The zero-order valence-electron chi connectivity index (χ0n) is 23.9. The highest BCUT2D eigenvalue weighted by atomic mass is 16.7. The number of aliphatic hydroxyl groups excluding tert-OH is 2. The average molecular weight is 657 g/mol. The second kappa shape index (κ2) is 14.4. The second-order valence-corrected chi connectivity index (χ2v) is 9.95. The molecule has 0 amide bonds. The molecule has 0 bridgehead atoms. The van der Waals surface area contributed by atoms with E-state index in [2.05, 4.69) is 0 Å². The second-order valence-electron chi connectivity index (χ2n) is 9.95. The molecule has 1 aliphatic rings. The lowest BCUT2D eigenvalue weighted by molar-refractivity contribution is -0.292. The molecule has 1 fully saturated rings. The fraction of sp³-hybridized carbons (Fsp3) is 0.194. The van der Waals surface area contributed by atoms with Crippen molar-refractivity contribution in [3.63, 3.8) is 0 Å². The third-order valence-corrected chi connectivity index (χ3v) is 6.65. The Morgan fingerprint density at radius 1 is 0.660 bits per heavy atom. The van der Waals surface area contributed by atoms with Crippen LogP contribution in [0, 0.1) is 0 Å². The molecule has 1 heterocycles. The van der Waals surface area contributed by atoms with Gasteiger partial charge in [-0.05, 0) is 59.7 Å². The van der Waals surface area contributed by atoms with Gasteiger partial charge in [0.2, 0.25) is 6.29 Å². The van der Waals surface area contributed by atoms with Gasteiger partial charge < -0.3 is 64.9 Å². The van der Waals surface area contributed by atoms with Gasteiger partial charge in [0.25, 0.3) is 0 Å². The first-order valence-corrected chi connectivity index (χ1v) is 13.5. The summed E-state index contributed by atoms with van der Waals surface area (Å²) < 4.78 is 21.3. The van der Waals surface area contributed by atoms with E-state index in [9.17, 15) is 60.3 Å². The molecule has 5 atom stereocenters. The highest BCUT2D eigenvalue weighted by molar-refractivity contribution is 5.91. The smallest absolute Gasteiger partial charge is 0.338 e. The predicted molar refractivity (Wildman–Crippen MR) is 156 cm³/mol. The van der Waals surface area contributed by atoms with Crippen molar-refractivity contribution in [3.8, 4) is 40.2 Å². The molecule has 248 valence electrons. The molecule has 47 heavy (non-hydrogen) atoms. The number of aromatic hydroxyl groups is 7. The van der Waals surface area contributed by atoms with Crippen LogP contribution in [0.5, 0.6) is 40.2 Å². The van der Waals surface area contributed by atoms with Gasteiger partial charge in [-0.2, -0.15) is 0 Å². The van der Waals surface area contributed by atoms with Crippen molar-refractivity contribution in [1.82, 2.24) is 0 Å². The van der Waals surface area contributed by atoms with Crippen LogP contribution in [0.15, 0.2) is 60.7 Å². The van der Waals surface area contributed by atoms with E-state index in [1.165, 1.54) is 30.4 Å². The molecule has 9 N–H and O–H groups in total. The molecule has 4 rings (SSSR count). The van der Waals surface area contributed by atoms with Crippen molar-refractivity contribution in [2.24, 2.45) is 0 Å². The van der Waals surface area contributed by atoms with Gasteiger partial charge in [0.05, 0.1) is 12.2 Å². The van der Waals surface area contributed by atoms with Crippen LogP contribution in [0.3, 0.4) is 0 Å². The van der Waals surface area contributed by atoms with Crippen LogP contribution in [0.25, 0.3) is 12.2 Å². The van der Waals surface area contributed by atoms with Crippen LogP contribution < -0.4 is 0 Å². The highest BCUT2D eigenvalue weighted by Crippen LogP contribution is 2.36. The molecule has 5 unspecified atom stereocenters. The van der Waals surface area contributed by atoms with E-state index in [4.69, 9.17) is 18.9 Å². The molecule has 1 saturated heterocycles. The first-order chi connectivity index (χ1) is 22.3. The van der Waals surface area contributed by atoms with Crippen molar-refractivity contribution in [1.29, 1.82) is 0 Å². The summed E-state index contributed by atoms with van der Waals surface area (Å²) in [5, 5.41) is 88.5. The molecule has 16 heteroatoms. The number of phenols is 7. The average Bonchev–Trinajstić information content (AvgIpc) is 3.03. The van der Waals surface area contributed by atoms with E-state index in [1.807, 2.05) is 0 Å². The number of carbonyl (C=O) groups excluding carboxylic acids is 3. The number of rotatable bonds is 9. The van der Waals surface area contributed by atoms with Crippen molar-refractivity contribution in [3.05, 3.63) is 77.4 Å². The van der Waals surface area contributed by atoms with Crippen LogP contribution in [-0.2, 0) is 28.5 Å². The fourth-order valence-electron chi connectivity index (χ4n) is 4.27. The summed E-state index contributed by atoms with van der Waals surface area (Å²) in [4.78, 5) is 38.3. The summed E-state index contributed by atoms with van der Waals surface area (Å²) in [7, 11) is 0. The van der Waals surface area contributed by atoms with Gasteiger partial charge in [-0.1, -0.05) is 12.1 Å². The van der Waals surface area contributed by atoms with Gasteiger partial charge in [-0.15, -0.1) is 0 Å². The van der Waals surface area contributed by atoms with Crippen molar-refractivity contribution >= 4 is 30.1 Å². The summed E-state index contributed by atoms with van der Waals surface area (Å²) in [5.74, 6) is -8.00. The maximum absolute atomic E-state index is 13.0. The van der Waals surface area contributed by atoms with Gasteiger partial charge in [-0.3, -0.25) is 0 Å². The summed E-state index contributed by atoms with van der Waals surface area (Å²) in [5.41, 5.74) is 0.0166. The zero-order chi connectivity index (χ0) is 34.4. The van der Waals surface area contributed by atoms with E-state index in [0.29, 0.717) is 0 Å². The van der Waals surface area contributed by atoms with Gasteiger partial charge in [0.1, 0.15) is 6.10 Å². The SMILES string of the molecule is O=C(C=Cc1ccc(O)c(O)c1)OC1OC(CO)C(OC(=O)c2cc(O)c(O)c(O)c2)C(OC(=O)C=Cc2ccc(O)c(O)c2)C1O. The van der Waals surface area contributed by atoms with Crippen LogP contribution in [-0.4, -0.2) is 101 Å². The molecule has 0 radical (unpaired) electrons. The Balaban J connectivity index is 1.58. The minimum absolute atomic E-state index is 0.244. The molecule has 1 aliphatic heterocycles. The Bertz CT molecular complexity index is 1690. The Morgan fingerprint density at radius 2 is 1.17 bits per heavy atom. The fourth-order valence-corrected chi connectivity index (χ4v) is 4.27. The quantitative estimate of drug-likeness (QED) is 0.0675. The number of hydrogen-bond acceptors (Lipinski definition) is 16. The summed E-state index contributed by atoms with van der Waals surface area (Å²) >= 11 is 0. The summed E-state index contributed by atoms with van der Waals surface area (Å²) in [6.45, 7) is -0.940. The van der Waals surface area contributed by atoms with E-state index in [0.717, 1.165) is 42.5 Å². The zero-order valence-corrected chi connectivity index (χ0v) is 23.9. The molecular weight excluding hydrogens is 628 g/mol. The lowest BCUT2D eigenvalue weighted by Gasteiger charge is -2.42. The van der Waals surface area contributed by atoms with Crippen molar-refractivity contribution < 1.29 is 79.3 Å². The maximum Gasteiger partial charge on any atom is 0.338 e. The normalized spacial score (nSPS) is 21.0. The number of hydrogen-bond donors (Lipinski definition) is 9. The van der Waals surface area contributed by atoms with E-state index < -0.39 is 101 Å². The Labute approximate surface area is 264 Å². The number of esters is 3. The van der Waals surface area contributed by atoms with Gasteiger partial charge in [-0.25, -0.2) is 14.4 Å². The first kappa shape index (κ1) is 33.9. The van der Waals surface area contributed by atoms with Gasteiger partial charge >= 0.3 is 17.9 Å². The number of phenolic OH excluding ortho intramolecular Hbond substituents is 7. The van der Waals surface area contributed by atoms with E-state index >= 15 is 0 Å². The highest BCUT2D eigenvalue weighted by Gasteiger charge is 2.51. The summed E-state index contributed by atoms with van der Waals surface area (Å²) in [6, 6.07) is 8.78. The van der Waals surface area contributed by atoms with Crippen molar-refractivity contribution in [2.75, 3.05) is 6.61 Å². The number of benzene rings is 3. The Morgan fingerprint density at radius 3 is 1.66 bits per heavy atom. The largest absolute Gasteiger partial charge is 0.504 e. The minimum Gasteiger partial charge on any atom is -0.504 e. The van der Waals surface area contributed by atoms with Crippen LogP contribution in [0.2, 0.25) is 0 Å². The lowest BCUT2D eigenvalue weighted by Crippen LogP contribution is -2.62. The Hall–Kier alpha value is -5.97. The van der Waals surface area contributed by atoms with E-state index in [-0.39, 0.29) is 11.1 Å². The predicted octanol–water partition coefficient (Wildman–Crippen LogP) is 1.11. The number of aliphatic hydroxyl groups is 2. The monoisotopic (exact) mass is 656 g/mol. The molecule has 3 aromatic carbocycles.